The average Bonchev–Trinajstić information content (AvgIpc) is 2.65. The van der Waals surface area contributed by atoms with Crippen LogP contribution in [0.2, 0.25) is 0 Å². The summed E-state index contributed by atoms with van der Waals surface area (Å²) in [6, 6.07) is 7.10. The summed E-state index contributed by atoms with van der Waals surface area (Å²) in [4.78, 5) is 0. The number of hydrogen-bond donors (Lipinski definition) is 1. The molecule has 1 atom stereocenters. The Labute approximate surface area is 93.9 Å². The highest BCUT2D eigenvalue weighted by molar-refractivity contribution is 5.81. The Morgan fingerprint density at radius 3 is 3.06 bits per heavy atom. The van der Waals surface area contributed by atoms with Crippen LogP contribution in [0.15, 0.2) is 24.3 Å². The molecule has 84 valence electrons. The molecule has 1 aromatic carbocycles. The Morgan fingerprint density at radius 2 is 2.25 bits per heavy atom. The fourth-order valence-electron chi connectivity index (χ4n) is 2.73. The number of nitrogens with zero attached hydrogens (tertiary/aromatic N) is 1. The Morgan fingerprint density at radius 1 is 1.38 bits per heavy atom. The van der Waals surface area contributed by atoms with Gasteiger partial charge in [-0.3, -0.25) is 0 Å². The van der Waals surface area contributed by atoms with Crippen LogP contribution in [0.25, 0.3) is 10.9 Å². The first-order chi connectivity index (χ1) is 7.79. The van der Waals surface area contributed by atoms with Crippen molar-refractivity contribution in [2.75, 3.05) is 6.54 Å². The summed E-state index contributed by atoms with van der Waals surface area (Å²) in [6.45, 7) is 1.71. The van der Waals surface area contributed by atoms with E-state index < -0.39 is 0 Å². The molecule has 0 amide bonds. The number of benzene rings is 1. The van der Waals surface area contributed by atoms with Gasteiger partial charge in [-0.2, -0.15) is 0 Å². The maximum Gasteiger partial charge on any atom is 0.123 e. The number of hydrogen-bond acceptors (Lipinski definition) is 1. The van der Waals surface area contributed by atoms with Crippen LogP contribution in [0, 0.1) is 5.82 Å². The van der Waals surface area contributed by atoms with Gasteiger partial charge in [-0.15, -0.1) is 0 Å². The van der Waals surface area contributed by atoms with Crippen molar-refractivity contribution in [3.8, 4) is 0 Å². The van der Waals surface area contributed by atoms with Crippen LogP contribution in [-0.4, -0.2) is 11.1 Å². The fraction of sp³-hybridized carbons (Fsp3) is 0.385. The molecular weight excluding hydrogens is 203 g/mol. The predicted molar refractivity (Wildman–Crippen MR) is 62.9 cm³/mol. The van der Waals surface area contributed by atoms with E-state index in [2.05, 4.69) is 10.6 Å². The van der Waals surface area contributed by atoms with Gasteiger partial charge in [-0.1, -0.05) is 0 Å². The molecule has 0 aliphatic carbocycles. The van der Waals surface area contributed by atoms with Gasteiger partial charge < -0.3 is 10.3 Å². The Kier molecular flexibility index (Phi) is 2.21. The molecule has 2 nitrogen and oxygen atoms in total. The van der Waals surface area contributed by atoms with Crippen molar-refractivity contribution in [1.29, 1.82) is 0 Å². The molecule has 2 N–H and O–H groups in total. The lowest BCUT2D eigenvalue weighted by molar-refractivity contribution is 0.467. The normalized spacial score (nSPS) is 20.0. The van der Waals surface area contributed by atoms with Gasteiger partial charge in [-0.25, -0.2) is 4.39 Å². The molecular formula is C13H15FN2. The lowest BCUT2D eigenvalue weighted by Gasteiger charge is -2.24. The predicted octanol–water partition coefficient (Wildman–Crippen LogP) is 2.62. The first-order valence-electron chi connectivity index (χ1n) is 5.78. The van der Waals surface area contributed by atoms with Crippen molar-refractivity contribution in [3.05, 3.63) is 35.8 Å². The zero-order valence-electron chi connectivity index (χ0n) is 9.12. The molecule has 0 saturated carbocycles. The number of nitrogens with two attached hydrogens (primary N) is 1. The molecule has 0 saturated heterocycles. The maximum atomic E-state index is 13.1. The Bertz CT molecular complexity index is 530. The van der Waals surface area contributed by atoms with E-state index in [4.69, 9.17) is 5.73 Å². The number of halogens is 1. The van der Waals surface area contributed by atoms with Gasteiger partial charge in [-0.05, 0) is 37.1 Å². The number of aromatic nitrogens is 1. The first kappa shape index (κ1) is 9.85. The third-order valence-corrected chi connectivity index (χ3v) is 3.53. The molecule has 3 rings (SSSR count). The zero-order valence-corrected chi connectivity index (χ0v) is 9.12. The summed E-state index contributed by atoms with van der Waals surface area (Å²) in [7, 11) is 0. The fourth-order valence-corrected chi connectivity index (χ4v) is 2.73. The molecule has 1 aromatic heterocycles. The molecule has 0 spiro atoms. The molecule has 0 radical (unpaired) electrons. The summed E-state index contributed by atoms with van der Waals surface area (Å²) >= 11 is 0. The van der Waals surface area contributed by atoms with Crippen LogP contribution >= 0.6 is 0 Å². The molecule has 1 aliphatic rings. The molecule has 1 unspecified atom stereocenters. The SMILES string of the molecule is NCC1CCCn2c1cc1cc(F)ccc12. The van der Waals surface area contributed by atoms with Gasteiger partial charge in [0, 0.05) is 35.6 Å². The highest BCUT2D eigenvalue weighted by Gasteiger charge is 2.21. The van der Waals surface area contributed by atoms with Crippen molar-refractivity contribution >= 4 is 10.9 Å². The summed E-state index contributed by atoms with van der Waals surface area (Å²) in [6.07, 6.45) is 2.31. The molecule has 16 heavy (non-hydrogen) atoms. The van der Waals surface area contributed by atoms with E-state index in [0.717, 1.165) is 30.3 Å². The minimum absolute atomic E-state index is 0.167. The molecule has 0 fully saturated rings. The van der Waals surface area contributed by atoms with Gasteiger partial charge in [0.15, 0.2) is 0 Å². The minimum Gasteiger partial charge on any atom is -0.344 e. The van der Waals surface area contributed by atoms with Crippen molar-refractivity contribution in [2.45, 2.75) is 25.3 Å². The molecule has 2 heterocycles. The Balaban J connectivity index is 2.24. The average molecular weight is 218 g/mol. The zero-order chi connectivity index (χ0) is 11.1. The molecule has 3 heteroatoms. The van der Waals surface area contributed by atoms with E-state index in [9.17, 15) is 4.39 Å². The molecule has 2 aromatic rings. The second kappa shape index (κ2) is 3.59. The third-order valence-electron chi connectivity index (χ3n) is 3.53. The summed E-state index contributed by atoms with van der Waals surface area (Å²) in [5, 5.41) is 0.996. The lowest BCUT2D eigenvalue weighted by atomic mass is 9.96. The van der Waals surface area contributed by atoms with Crippen LogP contribution < -0.4 is 5.73 Å². The second-order valence-corrected chi connectivity index (χ2v) is 4.50. The highest BCUT2D eigenvalue weighted by Crippen LogP contribution is 2.32. The second-order valence-electron chi connectivity index (χ2n) is 4.50. The quantitative estimate of drug-likeness (QED) is 0.783. The van der Waals surface area contributed by atoms with Crippen molar-refractivity contribution in [3.63, 3.8) is 0 Å². The van der Waals surface area contributed by atoms with Crippen LogP contribution in [0.5, 0.6) is 0 Å². The van der Waals surface area contributed by atoms with Gasteiger partial charge in [0.1, 0.15) is 5.82 Å². The van der Waals surface area contributed by atoms with Gasteiger partial charge in [0.05, 0.1) is 0 Å². The van der Waals surface area contributed by atoms with E-state index in [0.29, 0.717) is 12.5 Å². The van der Waals surface area contributed by atoms with Crippen LogP contribution in [-0.2, 0) is 6.54 Å². The van der Waals surface area contributed by atoms with E-state index in [1.165, 1.54) is 11.8 Å². The van der Waals surface area contributed by atoms with Gasteiger partial charge >= 0.3 is 0 Å². The summed E-state index contributed by atoms with van der Waals surface area (Å²) in [5.74, 6) is 0.268. The minimum atomic E-state index is -0.167. The van der Waals surface area contributed by atoms with Crippen LogP contribution in [0.1, 0.15) is 24.5 Å². The van der Waals surface area contributed by atoms with Crippen molar-refractivity contribution in [2.24, 2.45) is 5.73 Å². The van der Waals surface area contributed by atoms with E-state index in [1.54, 1.807) is 6.07 Å². The van der Waals surface area contributed by atoms with Crippen molar-refractivity contribution in [1.82, 2.24) is 4.57 Å². The summed E-state index contributed by atoms with van der Waals surface area (Å²) in [5.41, 5.74) is 8.19. The van der Waals surface area contributed by atoms with E-state index >= 15 is 0 Å². The van der Waals surface area contributed by atoms with Crippen LogP contribution in [0.4, 0.5) is 4.39 Å². The molecule has 0 bridgehead atoms. The number of aryl methyl sites for hydroxylation is 1. The van der Waals surface area contributed by atoms with E-state index in [1.807, 2.05) is 6.07 Å². The largest absolute Gasteiger partial charge is 0.344 e. The first-order valence-corrected chi connectivity index (χ1v) is 5.78. The van der Waals surface area contributed by atoms with Crippen LogP contribution in [0.3, 0.4) is 0 Å². The summed E-state index contributed by atoms with van der Waals surface area (Å²) < 4.78 is 15.4. The van der Waals surface area contributed by atoms with Crippen molar-refractivity contribution < 1.29 is 4.39 Å². The Hall–Kier alpha value is -1.35. The lowest BCUT2D eigenvalue weighted by Crippen LogP contribution is -2.21. The maximum absolute atomic E-state index is 13.1. The van der Waals surface area contributed by atoms with Gasteiger partial charge in [0.2, 0.25) is 0 Å². The highest BCUT2D eigenvalue weighted by atomic mass is 19.1. The van der Waals surface area contributed by atoms with Gasteiger partial charge in [0.25, 0.3) is 0 Å². The van der Waals surface area contributed by atoms with E-state index in [-0.39, 0.29) is 5.82 Å². The number of fused-ring (bicyclic) bond motifs is 3. The topological polar surface area (TPSA) is 30.9 Å². The third kappa shape index (κ3) is 1.35. The smallest absolute Gasteiger partial charge is 0.123 e. The molecule has 1 aliphatic heterocycles. The standard InChI is InChI=1S/C13H15FN2/c14-11-3-4-12-10(6-11)7-13-9(8-15)2-1-5-16(12)13/h3-4,6-7,9H,1-2,5,8,15H2. The number of rotatable bonds is 1. The monoisotopic (exact) mass is 218 g/mol.